The van der Waals surface area contributed by atoms with Crippen LogP contribution in [0.3, 0.4) is 0 Å². The quantitative estimate of drug-likeness (QED) is 0.855. The van der Waals surface area contributed by atoms with E-state index in [-0.39, 0.29) is 6.04 Å². The van der Waals surface area contributed by atoms with Gasteiger partial charge >= 0.3 is 5.97 Å². The molecule has 1 aliphatic carbocycles. The molecule has 104 valence electrons. The predicted molar refractivity (Wildman–Crippen MR) is 75.8 cm³/mol. The van der Waals surface area contributed by atoms with Crippen LogP contribution in [0.2, 0.25) is 0 Å². The maximum absolute atomic E-state index is 11.4. The first-order chi connectivity index (χ1) is 9.15. The third kappa shape index (κ3) is 3.06. The van der Waals surface area contributed by atoms with Gasteiger partial charge in [-0.2, -0.15) is 0 Å². The first kappa shape index (κ1) is 13.8. The van der Waals surface area contributed by atoms with Crippen LogP contribution in [0, 0.1) is 0 Å². The van der Waals surface area contributed by atoms with Crippen molar-refractivity contribution in [2.45, 2.75) is 58.4 Å². The van der Waals surface area contributed by atoms with Crippen molar-refractivity contribution < 1.29 is 9.90 Å². The monoisotopic (exact) mass is 262 g/mol. The molecule has 0 spiro atoms. The van der Waals surface area contributed by atoms with Crippen molar-refractivity contribution in [3.63, 3.8) is 0 Å². The molecule has 1 aromatic rings. The van der Waals surface area contributed by atoms with Crippen LogP contribution in [0.4, 0.5) is 5.82 Å². The molecule has 1 aliphatic rings. The number of carboxylic acids is 1. The molecule has 0 saturated heterocycles. The number of pyridine rings is 1. The van der Waals surface area contributed by atoms with Crippen LogP contribution in [0.25, 0.3) is 0 Å². The Kier molecular flexibility index (Phi) is 4.40. The number of fused-ring (bicyclic) bond motifs is 1. The van der Waals surface area contributed by atoms with Crippen molar-refractivity contribution in [2.24, 2.45) is 0 Å². The van der Waals surface area contributed by atoms with Gasteiger partial charge in [0.1, 0.15) is 11.4 Å². The van der Waals surface area contributed by atoms with Crippen molar-refractivity contribution in [3.05, 3.63) is 22.9 Å². The minimum absolute atomic E-state index is 0.284. The first-order valence-electron chi connectivity index (χ1n) is 7.18. The molecule has 2 N–H and O–H groups in total. The summed E-state index contributed by atoms with van der Waals surface area (Å²) in [4.78, 5) is 16.0. The number of anilines is 1. The molecule has 0 radical (unpaired) electrons. The molecule has 2 rings (SSSR count). The van der Waals surface area contributed by atoms with E-state index in [9.17, 15) is 9.90 Å². The molecule has 0 saturated carbocycles. The zero-order valence-corrected chi connectivity index (χ0v) is 11.7. The summed E-state index contributed by atoms with van der Waals surface area (Å²) in [5.41, 5.74) is 2.50. The van der Waals surface area contributed by atoms with E-state index in [1.54, 1.807) is 0 Å². The summed E-state index contributed by atoms with van der Waals surface area (Å²) >= 11 is 0. The van der Waals surface area contributed by atoms with E-state index in [1.165, 1.54) is 0 Å². The number of nitrogens with one attached hydrogen (secondary N) is 1. The molecule has 4 heteroatoms. The summed E-state index contributed by atoms with van der Waals surface area (Å²) in [5.74, 6) is -0.351. The normalized spacial score (nSPS) is 14.3. The molecule has 0 unspecified atom stereocenters. The molecule has 19 heavy (non-hydrogen) atoms. The summed E-state index contributed by atoms with van der Waals surface area (Å²) in [6, 6.07) is 2.10. The zero-order chi connectivity index (χ0) is 13.8. The van der Waals surface area contributed by atoms with E-state index in [2.05, 4.69) is 24.1 Å². The van der Waals surface area contributed by atoms with Crippen LogP contribution >= 0.6 is 0 Å². The second-order valence-electron chi connectivity index (χ2n) is 5.16. The molecule has 0 atom stereocenters. The van der Waals surface area contributed by atoms with Crippen LogP contribution in [-0.4, -0.2) is 22.1 Å². The summed E-state index contributed by atoms with van der Waals surface area (Å²) in [5, 5.41) is 12.6. The number of aromatic carboxylic acids is 1. The van der Waals surface area contributed by atoms with E-state index in [4.69, 9.17) is 0 Å². The average molecular weight is 262 g/mol. The highest BCUT2D eigenvalue weighted by Gasteiger charge is 2.19. The number of nitrogens with zero attached hydrogens (tertiary/aromatic N) is 1. The van der Waals surface area contributed by atoms with Crippen molar-refractivity contribution in [1.29, 1.82) is 0 Å². The highest BCUT2D eigenvalue weighted by Crippen LogP contribution is 2.25. The van der Waals surface area contributed by atoms with E-state index >= 15 is 0 Å². The Hall–Kier alpha value is -1.58. The highest BCUT2D eigenvalue weighted by molar-refractivity contribution is 5.93. The molecule has 4 nitrogen and oxygen atoms in total. The van der Waals surface area contributed by atoms with E-state index in [0.29, 0.717) is 11.4 Å². The summed E-state index contributed by atoms with van der Waals surface area (Å²) < 4.78 is 0. The lowest BCUT2D eigenvalue weighted by Gasteiger charge is -2.21. The fourth-order valence-corrected chi connectivity index (χ4v) is 2.59. The Morgan fingerprint density at radius 1 is 1.37 bits per heavy atom. The van der Waals surface area contributed by atoms with Crippen molar-refractivity contribution in [3.8, 4) is 0 Å². The van der Waals surface area contributed by atoms with Gasteiger partial charge < -0.3 is 10.4 Å². The fraction of sp³-hybridized carbons (Fsp3) is 0.600. The van der Waals surface area contributed by atoms with Gasteiger partial charge in [-0.05, 0) is 50.2 Å². The van der Waals surface area contributed by atoms with Gasteiger partial charge in [0.05, 0.1) is 0 Å². The molecule has 1 aromatic heterocycles. The van der Waals surface area contributed by atoms with Crippen molar-refractivity contribution in [1.82, 2.24) is 4.98 Å². The molecule has 0 amide bonds. The lowest BCUT2D eigenvalue weighted by Crippen LogP contribution is -2.21. The maximum atomic E-state index is 11.4. The Labute approximate surface area is 114 Å². The Balaban J connectivity index is 2.36. The fourth-order valence-electron chi connectivity index (χ4n) is 2.59. The Morgan fingerprint density at radius 2 is 2.05 bits per heavy atom. The smallest absolute Gasteiger partial charge is 0.339 e. The van der Waals surface area contributed by atoms with Crippen molar-refractivity contribution in [2.75, 3.05) is 5.32 Å². The van der Waals surface area contributed by atoms with Gasteiger partial charge in [0.25, 0.3) is 0 Å². The van der Waals surface area contributed by atoms with Gasteiger partial charge in [0.2, 0.25) is 0 Å². The van der Waals surface area contributed by atoms with Crippen LogP contribution in [0.5, 0.6) is 0 Å². The van der Waals surface area contributed by atoms with Crippen LogP contribution in [0.1, 0.15) is 61.1 Å². The van der Waals surface area contributed by atoms with Crippen molar-refractivity contribution >= 4 is 11.8 Å². The summed E-state index contributed by atoms with van der Waals surface area (Å²) in [6.07, 6.45) is 6.13. The number of hydrogen-bond acceptors (Lipinski definition) is 3. The number of rotatable bonds is 5. The molecular formula is C15H22N2O2. The Bertz CT molecular complexity index is 467. The average Bonchev–Trinajstić information content (AvgIpc) is 2.43. The van der Waals surface area contributed by atoms with Gasteiger partial charge in [-0.15, -0.1) is 0 Å². The SMILES string of the molecule is CCC(CC)Nc1nc2c(cc1C(=O)O)CCCC2. The highest BCUT2D eigenvalue weighted by atomic mass is 16.4. The summed E-state index contributed by atoms with van der Waals surface area (Å²) in [6.45, 7) is 4.19. The predicted octanol–water partition coefficient (Wildman–Crippen LogP) is 3.26. The minimum atomic E-state index is -0.894. The molecule has 0 aliphatic heterocycles. The number of carbonyl (C=O) groups is 1. The standard InChI is InChI=1S/C15H22N2O2/c1-3-11(4-2)16-14-12(15(18)19)9-10-7-5-6-8-13(10)17-14/h9,11H,3-8H2,1-2H3,(H,16,17)(H,18,19). The largest absolute Gasteiger partial charge is 0.478 e. The van der Waals surface area contributed by atoms with Gasteiger partial charge in [-0.1, -0.05) is 13.8 Å². The van der Waals surface area contributed by atoms with Gasteiger partial charge in [-0.25, -0.2) is 9.78 Å². The molecule has 1 heterocycles. The maximum Gasteiger partial charge on any atom is 0.339 e. The van der Waals surface area contributed by atoms with Gasteiger partial charge in [0, 0.05) is 11.7 Å². The van der Waals surface area contributed by atoms with Gasteiger partial charge in [-0.3, -0.25) is 0 Å². The second kappa shape index (κ2) is 6.04. The third-order valence-electron chi connectivity index (χ3n) is 3.86. The number of aromatic nitrogens is 1. The van der Waals surface area contributed by atoms with Crippen LogP contribution in [0.15, 0.2) is 6.07 Å². The molecular weight excluding hydrogens is 240 g/mol. The number of hydrogen-bond donors (Lipinski definition) is 2. The number of carboxylic acid groups (broad SMARTS) is 1. The molecule has 0 bridgehead atoms. The zero-order valence-electron chi connectivity index (χ0n) is 11.7. The second-order valence-corrected chi connectivity index (χ2v) is 5.16. The first-order valence-corrected chi connectivity index (χ1v) is 7.18. The lowest BCUT2D eigenvalue weighted by molar-refractivity contribution is 0.0697. The molecule has 0 fully saturated rings. The van der Waals surface area contributed by atoms with Crippen LogP contribution in [-0.2, 0) is 12.8 Å². The van der Waals surface area contributed by atoms with Gasteiger partial charge in [0.15, 0.2) is 0 Å². The van der Waals surface area contributed by atoms with E-state index in [1.807, 2.05) is 6.07 Å². The minimum Gasteiger partial charge on any atom is -0.478 e. The number of aryl methyl sites for hydroxylation is 2. The van der Waals surface area contributed by atoms with E-state index < -0.39 is 5.97 Å². The summed E-state index contributed by atoms with van der Waals surface area (Å²) in [7, 11) is 0. The molecule has 0 aromatic carbocycles. The Morgan fingerprint density at radius 3 is 2.68 bits per heavy atom. The lowest BCUT2D eigenvalue weighted by atomic mass is 9.94. The van der Waals surface area contributed by atoms with Crippen LogP contribution < -0.4 is 5.32 Å². The third-order valence-corrected chi connectivity index (χ3v) is 3.86. The topological polar surface area (TPSA) is 62.2 Å². The van der Waals surface area contributed by atoms with E-state index in [0.717, 1.165) is 49.8 Å².